The number of carbonyl (C=O) groups excluding carboxylic acids is 1. The highest BCUT2D eigenvalue weighted by atomic mass is 79.9. The van der Waals surface area contributed by atoms with Gasteiger partial charge in [-0.05, 0) is 24.3 Å². The molecule has 0 radical (unpaired) electrons. The van der Waals surface area contributed by atoms with Crippen molar-refractivity contribution in [2.24, 2.45) is 0 Å². The predicted octanol–water partition coefficient (Wildman–Crippen LogP) is 1.97. The van der Waals surface area contributed by atoms with E-state index in [9.17, 15) is 9.59 Å². The van der Waals surface area contributed by atoms with Gasteiger partial charge in [-0.25, -0.2) is 0 Å². The van der Waals surface area contributed by atoms with E-state index in [1.807, 2.05) is 0 Å². The number of aromatic amines is 1. The Labute approximate surface area is 111 Å². The molecule has 0 atom stereocenters. The van der Waals surface area contributed by atoms with Crippen LogP contribution in [0.2, 0.25) is 0 Å². The van der Waals surface area contributed by atoms with Gasteiger partial charge in [0.1, 0.15) is 0 Å². The number of nitrogens with two attached hydrogens (primary N) is 1. The summed E-state index contributed by atoms with van der Waals surface area (Å²) < 4.78 is 0.835. The molecule has 1 amide bonds. The van der Waals surface area contributed by atoms with Crippen molar-refractivity contribution in [2.45, 2.75) is 0 Å². The van der Waals surface area contributed by atoms with Gasteiger partial charge in [0.05, 0.1) is 16.9 Å². The fourth-order valence-corrected chi connectivity index (χ4v) is 1.77. The van der Waals surface area contributed by atoms with Crippen LogP contribution >= 0.6 is 15.9 Å². The minimum atomic E-state index is -0.333. The van der Waals surface area contributed by atoms with Crippen LogP contribution in [0.15, 0.2) is 45.8 Å². The first kappa shape index (κ1) is 12.4. The normalized spacial score (nSPS) is 10.1. The van der Waals surface area contributed by atoms with Crippen molar-refractivity contribution in [3.05, 3.63) is 56.9 Å². The van der Waals surface area contributed by atoms with E-state index < -0.39 is 0 Å². The van der Waals surface area contributed by atoms with E-state index in [1.165, 1.54) is 18.3 Å². The summed E-state index contributed by atoms with van der Waals surface area (Å²) >= 11 is 3.28. The summed E-state index contributed by atoms with van der Waals surface area (Å²) in [5, 5.41) is 2.67. The molecule has 2 aromatic rings. The maximum absolute atomic E-state index is 11.9. The molecule has 92 valence electrons. The first-order valence-electron chi connectivity index (χ1n) is 5.11. The molecule has 1 aromatic heterocycles. The molecule has 0 bridgehead atoms. The fourth-order valence-electron chi connectivity index (χ4n) is 1.39. The highest BCUT2D eigenvalue weighted by Gasteiger charge is 2.08. The zero-order chi connectivity index (χ0) is 13.1. The van der Waals surface area contributed by atoms with Crippen LogP contribution in [0.5, 0.6) is 0 Å². The second kappa shape index (κ2) is 5.05. The SMILES string of the molecule is Nc1cc(Br)ccc1NC(=O)c1ccc(=O)[nH]c1. The van der Waals surface area contributed by atoms with Crippen LogP contribution in [-0.2, 0) is 0 Å². The molecule has 0 aliphatic heterocycles. The monoisotopic (exact) mass is 307 g/mol. The van der Waals surface area contributed by atoms with Crippen LogP contribution < -0.4 is 16.6 Å². The summed E-state index contributed by atoms with van der Waals surface area (Å²) in [7, 11) is 0. The fraction of sp³-hybridized carbons (Fsp3) is 0. The Balaban J connectivity index is 2.21. The van der Waals surface area contributed by atoms with Crippen molar-refractivity contribution < 1.29 is 4.79 Å². The van der Waals surface area contributed by atoms with E-state index in [1.54, 1.807) is 18.2 Å². The largest absolute Gasteiger partial charge is 0.397 e. The van der Waals surface area contributed by atoms with Crippen LogP contribution in [0.25, 0.3) is 0 Å². The molecule has 0 aliphatic rings. The molecular formula is C12H10BrN3O2. The van der Waals surface area contributed by atoms with Gasteiger partial charge in [-0.15, -0.1) is 0 Å². The zero-order valence-corrected chi connectivity index (χ0v) is 10.8. The maximum atomic E-state index is 11.9. The molecule has 0 saturated heterocycles. The molecule has 0 saturated carbocycles. The highest BCUT2D eigenvalue weighted by Crippen LogP contribution is 2.23. The number of nitrogens with one attached hydrogen (secondary N) is 2. The van der Waals surface area contributed by atoms with Gasteiger partial charge in [0, 0.05) is 16.7 Å². The van der Waals surface area contributed by atoms with Gasteiger partial charge in [0.2, 0.25) is 5.56 Å². The van der Waals surface area contributed by atoms with Crippen molar-refractivity contribution in [3.8, 4) is 0 Å². The summed E-state index contributed by atoms with van der Waals surface area (Å²) in [6.07, 6.45) is 1.35. The third-order valence-corrected chi connectivity index (χ3v) is 2.80. The summed E-state index contributed by atoms with van der Waals surface area (Å²) in [5.74, 6) is -0.333. The number of hydrogen-bond donors (Lipinski definition) is 3. The molecule has 1 aromatic carbocycles. The number of benzene rings is 1. The Hall–Kier alpha value is -2.08. The van der Waals surface area contributed by atoms with E-state index in [2.05, 4.69) is 26.2 Å². The number of nitrogen functional groups attached to an aromatic ring is 1. The number of H-pyrrole nitrogens is 1. The number of hydrogen-bond acceptors (Lipinski definition) is 3. The first-order chi connectivity index (χ1) is 8.56. The molecular weight excluding hydrogens is 298 g/mol. The molecule has 6 heteroatoms. The van der Waals surface area contributed by atoms with E-state index in [0.29, 0.717) is 16.9 Å². The Morgan fingerprint density at radius 3 is 2.67 bits per heavy atom. The lowest BCUT2D eigenvalue weighted by atomic mass is 10.2. The molecule has 0 fully saturated rings. The van der Waals surface area contributed by atoms with Crippen molar-refractivity contribution in [1.82, 2.24) is 4.98 Å². The van der Waals surface area contributed by atoms with Crippen molar-refractivity contribution in [2.75, 3.05) is 11.1 Å². The van der Waals surface area contributed by atoms with Crippen LogP contribution in [0.3, 0.4) is 0 Å². The Morgan fingerprint density at radius 1 is 1.28 bits per heavy atom. The van der Waals surface area contributed by atoms with Crippen LogP contribution in [0.1, 0.15) is 10.4 Å². The van der Waals surface area contributed by atoms with Crippen molar-refractivity contribution >= 4 is 33.2 Å². The molecule has 5 nitrogen and oxygen atoms in total. The molecule has 0 aliphatic carbocycles. The van der Waals surface area contributed by atoms with E-state index in [0.717, 1.165) is 4.47 Å². The minimum absolute atomic E-state index is 0.255. The Bertz CT molecular complexity index is 632. The Kier molecular flexibility index (Phi) is 3.47. The maximum Gasteiger partial charge on any atom is 0.257 e. The molecule has 18 heavy (non-hydrogen) atoms. The lowest BCUT2D eigenvalue weighted by Crippen LogP contribution is -2.15. The van der Waals surface area contributed by atoms with Crippen molar-refractivity contribution in [3.63, 3.8) is 0 Å². The second-order valence-electron chi connectivity index (χ2n) is 3.63. The van der Waals surface area contributed by atoms with Gasteiger partial charge < -0.3 is 16.0 Å². The number of pyridine rings is 1. The zero-order valence-electron chi connectivity index (χ0n) is 9.24. The summed E-state index contributed by atoms with van der Waals surface area (Å²) in [5.41, 5.74) is 6.86. The number of carbonyl (C=O) groups is 1. The van der Waals surface area contributed by atoms with E-state index in [-0.39, 0.29) is 11.5 Å². The molecule has 0 unspecified atom stereocenters. The van der Waals surface area contributed by atoms with Gasteiger partial charge in [0.15, 0.2) is 0 Å². The average molecular weight is 308 g/mol. The number of aromatic nitrogens is 1. The summed E-state index contributed by atoms with van der Waals surface area (Å²) in [6.45, 7) is 0. The lowest BCUT2D eigenvalue weighted by molar-refractivity contribution is 0.102. The van der Waals surface area contributed by atoms with Crippen molar-refractivity contribution in [1.29, 1.82) is 0 Å². The summed E-state index contributed by atoms with van der Waals surface area (Å²) in [4.78, 5) is 25.2. The molecule has 0 spiro atoms. The number of amides is 1. The topological polar surface area (TPSA) is 88.0 Å². The van der Waals surface area contributed by atoms with Crippen LogP contribution in [0.4, 0.5) is 11.4 Å². The molecule has 2 rings (SSSR count). The summed E-state index contributed by atoms with van der Waals surface area (Å²) in [6, 6.07) is 7.91. The quantitative estimate of drug-likeness (QED) is 0.741. The van der Waals surface area contributed by atoms with Gasteiger partial charge >= 0.3 is 0 Å². The number of anilines is 2. The van der Waals surface area contributed by atoms with E-state index in [4.69, 9.17) is 5.73 Å². The Morgan fingerprint density at radius 2 is 2.06 bits per heavy atom. The second-order valence-corrected chi connectivity index (χ2v) is 4.54. The van der Waals surface area contributed by atoms with Gasteiger partial charge in [-0.3, -0.25) is 9.59 Å². The third-order valence-electron chi connectivity index (χ3n) is 2.31. The van der Waals surface area contributed by atoms with E-state index >= 15 is 0 Å². The molecule has 4 N–H and O–H groups in total. The number of halogens is 1. The van der Waals surface area contributed by atoms with Crippen LogP contribution in [0, 0.1) is 0 Å². The standard InChI is InChI=1S/C12H10BrN3O2/c13-8-2-3-10(9(14)5-8)16-12(18)7-1-4-11(17)15-6-7/h1-6H,14H2,(H,15,17)(H,16,18). The average Bonchev–Trinajstić information content (AvgIpc) is 2.33. The molecule has 1 heterocycles. The van der Waals surface area contributed by atoms with Gasteiger partial charge in [-0.2, -0.15) is 0 Å². The highest BCUT2D eigenvalue weighted by molar-refractivity contribution is 9.10. The predicted molar refractivity (Wildman–Crippen MR) is 73.6 cm³/mol. The first-order valence-corrected chi connectivity index (χ1v) is 5.90. The van der Waals surface area contributed by atoms with Gasteiger partial charge in [0.25, 0.3) is 5.91 Å². The third kappa shape index (κ3) is 2.78. The lowest BCUT2D eigenvalue weighted by Gasteiger charge is -2.08. The smallest absolute Gasteiger partial charge is 0.257 e. The number of rotatable bonds is 2. The van der Waals surface area contributed by atoms with Crippen LogP contribution in [-0.4, -0.2) is 10.9 Å². The van der Waals surface area contributed by atoms with Gasteiger partial charge in [-0.1, -0.05) is 15.9 Å². The minimum Gasteiger partial charge on any atom is -0.397 e.